The molecule has 2 amide bonds. The van der Waals surface area contributed by atoms with Gasteiger partial charge in [-0.15, -0.1) is 0 Å². The van der Waals surface area contributed by atoms with Crippen molar-refractivity contribution in [2.75, 3.05) is 19.7 Å². The molecule has 1 saturated heterocycles. The molecule has 41 heavy (non-hydrogen) atoms. The van der Waals surface area contributed by atoms with Crippen molar-refractivity contribution in [2.24, 2.45) is 5.92 Å². The molecule has 0 saturated carbocycles. The van der Waals surface area contributed by atoms with E-state index in [-0.39, 0.29) is 31.4 Å². The summed E-state index contributed by atoms with van der Waals surface area (Å²) in [6.07, 6.45) is -0.330. The highest BCUT2D eigenvalue weighted by molar-refractivity contribution is 5.88. The summed E-state index contributed by atoms with van der Waals surface area (Å²) in [6, 6.07) is 25.6. The molecule has 5 rings (SSSR count). The molecule has 1 aliphatic heterocycles. The molecule has 1 heterocycles. The smallest absolute Gasteiger partial charge is 0.407 e. The lowest BCUT2D eigenvalue weighted by Crippen LogP contribution is -2.57. The van der Waals surface area contributed by atoms with Crippen LogP contribution in [0.25, 0.3) is 11.1 Å². The van der Waals surface area contributed by atoms with Gasteiger partial charge in [0.1, 0.15) is 6.61 Å². The maximum Gasteiger partial charge on any atom is 0.407 e. The highest BCUT2D eigenvalue weighted by atomic mass is 16.5. The highest BCUT2D eigenvalue weighted by Gasteiger charge is 2.46. The van der Waals surface area contributed by atoms with Gasteiger partial charge in [0.25, 0.3) is 0 Å². The molecule has 8 nitrogen and oxygen atoms in total. The SMILES string of the molecule is CC(C)C(CC(=O)NC1(C(=O)O)CCN(Cc2ccccc2)C1)NC(=O)OCC1c2ccccc2-c2ccccc21. The van der Waals surface area contributed by atoms with E-state index in [2.05, 4.69) is 34.9 Å². The van der Waals surface area contributed by atoms with Crippen molar-refractivity contribution >= 4 is 18.0 Å². The van der Waals surface area contributed by atoms with Gasteiger partial charge in [-0.1, -0.05) is 92.7 Å². The van der Waals surface area contributed by atoms with Crippen LogP contribution in [0.3, 0.4) is 0 Å². The van der Waals surface area contributed by atoms with Crippen LogP contribution >= 0.6 is 0 Å². The Morgan fingerprint density at radius 1 is 0.951 bits per heavy atom. The molecule has 0 aromatic heterocycles. The quantitative estimate of drug-likeness (QED) is 0.332. The van der Waals surface area contributed by atoms with Gasteiger partial charge in [-0.05, 0) is 40.2 Å². The first-order chi connectivity index (χ1) is 19.8. The van der Waals surface area contributed by atoms with Crippen LogP contribution in [0.1, 0.15) is 49.3 Å². The summed E-state index contributed by atoms with van der Waals surface area (Å²) < 4.78 is 5.68. The number of carboxylic acid groups (broad SMARTS) is 1. The van der Waals surface area contributed by atoms with E-state index in [9.17, 15) is 19.5 Å². The van der Waals surface area contributed by atoms with Crippen LogP contribution in [-0.4, -0.2) is 59.3 Å². The van der Waals surface area contributed by atoms with Crippen LogP contribution in [-0.2, 0) is 20.9 Å². The minimum absolute atomic E-state index is 0.0461. The molecular formula is C33H37N3O5. The van der Waals surface area contributed by atoms with Gasteiger partial charge >= 0.3 is 12.1 Å². The summed E-state index contributed by atoms with van der Waals surface area (Å²) in [5.41, 5.74) is 4.27. The van der Waals surface area contributed by atoms with E-state index in [1.807, 2.05) is 73.3 Å². The van der Waals surface area contributed by atoms with Gasteiger partial charge in [-0.25, -0.2) is 9.59 Å². The van der Waals surface area contributed by atoms with Crippen molar-refractivity contribution in [3.05, 3.63) is 95.6 Å². The molecule has 3 N–H and O–H groups in total. The Hall–Kier alpha value is -4.17. The first-order valence-electron chi connectivity index (χ1n) is 14.2. The number of carbonyl (C=O) groups is 3. The number of nitrogens with zero attached hydrogens (tertiary/aromatic N) is 1. The van der Waals surface area contributed by atoms with Gasteiger partial charge in [-0.3, -0.25) is 9.69 Å². The number of ether oxygens (including phenoxy) is 1. The van der Waals surface area contributed by atoms with Crippen LogP contribution in [0.15, 0.2) is 78.9 Å². The lowest BCUT2D eigenvalue weighted by atomic mass is 9.96. The second-order valence-corrected chi connectivity index (χ2v) is 11.4. The van der Waals surface area contributed by atoms with E-state index in [4.69, 9.17) is 4.74 Å². The number of amides is 2. The fourth-order valence-corrected chi connectivity index (χ4v) is 5.96. The monoisotopic (exact) mass is 555 g/mol. The molecule has 8 heteroatoms. The average molecular weight is 556 g/mol. The van der Waals surface area contributed by atoms with Crippen molar-refractivity contribution in [1.29, 1.82) is 0 Å². The van der Waals surface area contributed by atoms with Crippen LogP contribution in [0, 0.1) is 5.92 Å². The molecule has 1 aliphatic carbocycles. The van der Waals surface area contributed by atoms with Gasteiger partial charge in [0, 0.05) is 38.0 Å². The Morgan fingerprint density at radius 2 is 1.56 bits per heavy atom. The van der Waals surface area contributed by atoms with E-state index in [0.717, 1.165) is 27.8 Å². The summed E-state index contributed by atoms with van der Waals surface area (Å²) in [6.45, 7) is 5.39. The summed E-state index contributed by atoms with van der Waals surface area (Å²) >= 11 is 0. The highest BCUT2D eigenvalue weighted by Crippen LogP contribution is 2.44. The summed E-state index contributed by atoms with van der Waals surface area (Å²) in [7, 11) is 0. The fraction of sp³-hybridized carbons (Fsp3) is 0.364. The number of fused-ring (bicyclic) bond motifs is 3. The zero-order valence-electron chi connectivity index (χ0n) is 23.5. The number of hydrogen-bond donors (Lipinski definition) is 3. The van der Waals surface area contributed by atoms with Crippen LogP contribution in [0.5, 0.6) is 0 Å². The molecule has 1 fully saturated rings. The Labute approximate surface area is 240 Å². The standard InChI is InChI=1S/C33H37N3O5/c1-22(2)29(18-30(37)35-33(31(38)39)16-17-36(21-33)19-23-10-4-3-5-11-23)34-32(40)41-20-28-26-14-8-6-12-24(26)25-13-7-9-15-27(25)28/h3-15,22,28-29H,16-21H2,1-2H3,(H,34,40)(H,35,37)(H,38,39). The maximum absolute atomic E-state index is 13.1. The average Bonchev–Trinajstić information content (AvgIpc) is 3.51. The predicted molar refractivity (Wildman–Crippen MR) is 156 cm³/mol. The number of aliphatic carboxylic acids is 1. The Bertz CT molecular complexity index is 1360. The normalized spacial score (nSPS) is 18.9. The van der Waals surface area contributed by atoms with E-state index < -0.39 is 29.6 Å². The van der Waals surface area contributed by atoms with Gasteiger partial charge in [0.05, 0.1) is 0 Å². The number of rotatable bonds is 10. The topological polar surface area (TPSA) is 108 Å². The number of hydrogen-bond acceptors (Lipinski definition) is 5. The maximum atomic E-state index is 13.1. The van der Waals surface area contributed by atoms with Gasteiger partial charge in [0.15, 0.2) is 5.54 Å². The van der Waals surface area contributed by atoms with Crippen molar-refractivity contribution < 1.29 is 24.2 Å². The summed E-state index contributed by atoms with van der Waals surface area (Å²) in [4.78, 5) is 40.4. The van der Waals surface area contributed by atoms with E-state index in [1.54, 1.807) is 0 Å². The van der Waals surface area contributed by atoms with Crippen LogP contribution in [0.2, 0.25) is 0 Å². The molecule has 2 unspecified atom stereocenters. The Morgan fingerprint density at radius 3 is 2.17 bits per heavy atom. The Kier molecular flexibility index (Phi) is 8.40. The van der Waals surface area contributed by atoms with Crippen LogP contribution in [0.4, 0.5) is 4.79 Å². The fourth-order valence-electron chi connectivity index (χ4n) is 5.96. The molecule has 3 aromatic rings. The number of benzene rings is 3. The van der Waals surface area contributed by atoms with Crippen molar-refractivity contribution in [1.82, 2.24) is 15.5 Å². The van der Waals surface area contributed by atoms with Crippen molar-refractivity contribution in [2.45, 2.75) is 50.7 Å². The number of alkyl carbamates (subject to hydrolysis) is 1. The van der Waals surface area contributed by atoms with Crippen molar-refractivity contribution in [3.63, 3.8) is 0 Å². The number of carbonyl (C=O) groups excluding carboxylic acids is 2. The van der Waals surface area contributed by atoms with E-state index >= 15 is 0 Å². The third-order valence-corrected chi connectivity index (χ3v) is 8.24. The van der Waals surface area contributed by atoms with Gasteiger partial charge in [-0.2, -0.15) is 0 Å². The summed E-state index contributed by atoms with van der Waals surface area (Å²) in [5, 5.41) is 15.7. The number of nitrogens with one attached hydrogen (secondary N) is 2. The summed E-state index contributed by atoms with van der Waals surface area (Å²) in [5.74, 6) is -1.59. The number of carboxylic acids is 1. The molecule has 0 bridgehead atoms. The first-order valence-corrected chi connectivity index (χ1v) is 14.2. The predicted octanol–water partition coefficient (Wildman–Crippen LogP) is 4.79. The third kappa shape index (κ3) is 6.28. The zero-order valence-corrected chi connectivity index (χ0v) is 23.5. The minimum atomic E-state index is -1.36. The van der Waals surface area contributed by atoms with E-state index in [0.29, 0.717) is 19.5 Å². The second-order valence-electron chi connectivity index (χ2n) is 11.4. The van der Waals surface area contributed by atoms with Gasteiger partial charge < -0.3 is 20.5 Å². The second kappa shape index (κ2) is 12.1. The Balaban J connectivity index is 1.17. The molecule has 3 aromatic carbocycles. The lowest BCUT2D eigenvalue weighted by Gasteiger charge is -2.28. The first kappa shape index (κ1) is 28.4. The van der Waals surface area contributed by atoms with Crippen molar-refractivity contribution in [3.8, 4) is 11.1 Å². The third-order valence-electron chi connectivity index (χ3n) is 8.24. The lowest BCUT2D eigenvalue weighted by molar-refractivity contribution is -0.147. The number of likely N-dealkylation sites (tertiary alicyclic amines) is 1. The molecule has 0 radical (unpaired) electrons. The molecular weight excluding hydrogens is 518 g/mol. The minimum Gasteiger partial charge on any atom is -0.479 e. The van der Waals surface area contributed by atoms with Crippen LogP contribution < -0.4 is 10.6 Å². The zero-order chi connectivity index (χ0) is 29.0. The van der Waals surface area contributed by atoms with E-state index in [1.165, 1.54) is 0 Å². The molecule has 214 valence electrons. The van der Waals surface area contributed by atoms with Gasteiger partial charge in [0.2, 0.25) is 5.91 Å². The molecule has 2 aliphatic rings. The largest absolute Gasteiger partial charge is 0.479 e. The molecule has 0 spiro atoms. The molecule has 2 atom stereocenters.